The largest absolute Gasteiger partial charge is 0.508 e. The Kier molecular flexibility index (Phi) is 6.14. The minimum Gasteiger partial charge on any atom is -0.508 e. The van der Waals surface area contributed by atoms with Crippen LogP contribution in [0, 0.1) is 10.1 Å². The summed E-state index contributed by atoms with van der Waals surface area (Å²) in [5, 5.41) is 27.4. The molecule has 0 radical (unpaired) electrons. The zero-order chi connectivity index (χ0) is 22.5. The Bertz CT molecular complexity index is 1230. The average molecular weight is 448 g/mol. The first-order valence-electron chi connectivity index (χ1n) is 9.64. The van der Waals surface area contributed by atoms with Crippen LogP contribution in [-0.4, -0.2) is 20.0 Å². The number of nitrogens with zero attached hydrogens (tertiary/aromatic N) is 3. The lowest BCUT2D eigenvalue weighted by Gasteiger charge is -2.10. The molecule has 0 aliphatic rings. The smallest absolute Gasteiger partial charge is 0.329 e. The number of nitrogens with one attached hydrogen (secondary N) is 2. The van der Waals surface area contributed by atoms with Crippen LogP contribution in [0.3, 0.4) is 0 Å². The van der Waals surface area contributed by atoms with Gasteiger partial charge in [0.15, 0.2) is 0 Å². The number of halogens is 1. The summed E-state index contributed by atoms with van der Waals surface area (Å²) in [5.41, 5.74) is 3.39. The third-order valence-electron chi connectivity index (χ3n) is 4.68. The second-order valence-corrected chi connectivity index (χ2v) is 7.35. The van der Waals surface area contributed by atoms with E-state index < -0.39 is 4.92 Å². The summed E-state index contributed by atoms with van der Waals surface area (Å²) in [7, 11) is 0. The van der Waals surface area contributed by atoms with Crippen molar-refractivity contribution in [3.05, 3.63) is 99.7 Å². The Hall–Kier alpha value is -4.17. The van der Waals surface area contributed by atoms with Crippen LogP contribution in [0.1, 0.15) is 5.56 Å². The van der Waals surface area contributed by atoms with Crippen LogP contribution in [0.15, 0.2) is 79.0 Å². The molecule has 160 valence electrons. The number of phenols is 1. The molecule has 0 unspecified atom stereocenters. The molecule has 0 aliphatic carbocycles. The number of hydrogen-bond donors (Lipinski definition) is 3. The van der Waals surface area contributed by atoms with Crippen molar-refractivity contribution in [2.24, 2.45) is 0 Å². The summed E-state index contributed by atoms with van der Waals surface area (Å²) in [6, 6.07) is 21.6. The Morgan fingerprint density at radius 2 is 1.56 bits per heavy atom. The van der Waals surface area contributed by atoms with E-state index in [9.17, 15) is 15.2 Å². The predicted octanol–water partition coefficient (Wildman–Crippen LogP) is 5.77. The van der Waals surface area contributed by atoms with Crippen molar-refractivity contribution in [2.45, 2.75) is 6.54 Å². The Labute approximate surface area is 188 Å². The van der Waals surface area contributed by atoms with Gasteiger partial charge in [-0.25, -0.2) is 4.98 Å². The molecular weight excluding hydrogens is 430 g/mol. The lowest BCUT2D eigenvalue weighted by molar-refractivity contribution is -0.384. The second kappa shape index (κ2) is 9.32. The van der Waals surface area contributed by atoms with Gasteiger partial charge in [0.25, 0.3) is 0 Å². The van der Waals surface area contributed by atoms with Crippen LogP contribution < -0.4 is 10.6 Å². The van der Waals surface area contributed by atoms with Crippen LogP contribution in [0.2, 0.25) is 5.02 Å². The Morgan fingerprint density at radius 1 is 0.938 bits per heavy atom. The van der Waals surface area contributed by atoms with Crippen molar-refractivity contribution in [3.8, 4) is 16.9 Å². The second-order valence-electron chi connectivity index (χ2n) is 6.91. The van der Waals surface area contributed by atoms with Crippen molar-refractivity contribution in [3.63, 3.8) is 0 Å². The van der Waals surface area contributed by atoms with Crippen molar-refractivity contribution < 1.29 is 10.0 Å². The quantitative estimate of drug-likeness (QED) is 0.243. The molecule has 0 aliphatic heterocycles. The zero-order valence-electron chi connectivity index (χ0n) is 16.7. The molecule has 1 aromatic heterocycles. The maximum absolute atomic E-state index is 11.4. The van der Waals surface area contributed by atoms with E-state index in [2.05, 4.69) is 20.6 Å². The summed E-state index contributed by atoms with van der Waals surface area (Å²) >= 11 is 5.89. The summed E-state index contributed by atoms with van der Waals surface area (Å²) in [5.74, 6) is 0.554. The maximum atomic E-state index is 11.4. The molecule has 0 bridgehead atoms. The number of benzene rings is 3. The summed E-state index contributed by atoms with van der Waals surface area (Å²) < 4.78 is 0. The third-order valence-corrected chi connectivity index (χ3v) is 4.93. The van der Waals surface area contributed by atoms with Crippen molar-refractivity contribution in [1.29, 1.82) is 0 Å². The van der Waals surface area contributed by atoms with E-state index in [1.165, 1.54) is 6.20 Å². The average Bonchev–Trinajstić information content (AvgIpc) is 2.80. The fraction of sp³-hybridized carbons (Fsp3) is 0.0435. The van der Waals surface area contributed by atoms with Crippen molar-refractivity contribution in [1.82, 2.24) is 9.97 Å². The summed E-state index contributed by atoms with van der Waals surface area (Å²) in [6.45, 7) is 0.341. The Morgan fingerprint density at radius 3 is 2.19 bits per heavy atom. The first-order valence-corrected chi connectivity index (χ1v) is 10.0. The molecule has 0 fully saturated rings. The highest BCUT2D eigenvalue weighted by Gasteiger charge is 2.17. The molecule has 0 spiro atoms. The third kappa shape index (κ3) is 5.11. The molecule has 9 heteroatoms. The monoisotopic (exact) mass is 447 g/mol. The standard InChI is InChI=1S/C23H18ClN5O3/c24-18-7-9-19(10-8-18)27-23-26-14-21(29(31)32)22(28-23)25-13-15-1-3-16(4-2-15)17-5-11-20(30)12-6-17/h1-12,14,30H,13H2,(H2,25,26,27,28). The fourth-order valence-corrected chi connectivity index (χ4v) is 3.14. The van der Waals surface area contributed by atoms with Gasteiger partial charge in [-0.05, 0) is 53.1 Å². The Balaban J connectivity index is 1.49. The van der Waals surface area contributed by atoms with Crippen LogP contribution >= 0.6 is 11.6 Å². The fourth-order valence-electron chi connectivity index (χ4n) is 3.02. The molecule has 4 rings (SSSR count). The van der Waals surface area contributed by atoms with Gasteiger partial charge in [0.1, 0.15) is 11.9 Å². The van der Waals surface area contributed by atoms with E-state index in [0.29, 0.717) is 17.3 Å². The lowest BCUT2D eigenvalue weighted by Crippen LogP contribution is -2.07. The molecule has 3 N–H and O–H groups in total. The van der Waals surface area contributed by atoms with Crippen LogP contribution in [0.5, 0.6) is 5.75 Å². The number of anilines is 3. The molecule has 1 heterocycles. The van der Waals surface area contributed by atoms with E-state index in [4.69, 9.17) is 11.6 Å². The van der Waals surface area contributed by atoms with Gasteiger partial charge in [-0.1, -0.05) is 48.0 Å². The van der Waals surface area contributed by atoms with E-state index in [1.54, 1.807) is 36.4 Å². The van der Waals surface area contributed by atoms with E-state index in [1.807, 2.05) is 36.4 Å². The van der Waals surface area contributed by atoms with Gasteiger partial charge < -0.3 is 15.7 Å². The highest BCUT2D eigenvalue weighted by atomic mass is 35.5. The maximum Gasteiger partial charge on any atom is 0.329 e. The minimum absolute atomic E-state index is 0.115. The van der Waals surface area contributed by atoms with Crippen molar-refractivity contribution >= 4 is 34.7 Å². The van der Waals surface area contributed by atoms with Gasteiger partial charge in [-0.15, -0.1) is 0 Å². The molecule has 3 aromatic carbocycles. The van der Waals surface area contributed by atoms with Gasteiger partial charge in [0, 0.05) is 17.3 Å². The van der Waals surface area contributed by atoms with Gasteiger partial charge in [-0.3, -0.25) is 10.1 Å². The SMILES string of the molecule is O=[N+]([O-])c1cnc(Nc2ccc(Cl)cc2)nc1NCc1ccc(-c2ccc(O)cc2)cc1. The highest BCUT2D eigenvalue weighted by molar-refractivity contribution is 6.30. The minimum atomic E-state index is -0.525. The van der Waals surface area contributed by atoms with E-state index >= 15 is 0 Å². The van der Waals surface area contributed by atoms with E-state index in [-0.39, 0.29) is 23.2 Å². The van der Waals surface area contributed by atoms with Gasteiger partial charge in [0.05, 0.1) is 4.92 Å². The lowest BCUT2D eigenvalue weighted by atomic mass is 10.0. The molecule has 0 atom stereocenters. The van der Waals surface area contributed by atoms with Crippen molar-refractivity contribution in [2.75, 3.05) is 10.6 Å². The number of nitro groups is 1. The van der Waals surface area contributed by atoms with E-state index in [0.717, 1.165) is 16.7 Å². The number of hydrogen-bond acceptors (Lipinski definition) is 7. The first-order chi connectivity index (χ1) is 15.5. The topological polar surface area (TPSA) is 113 Å². The zero-order valence-corrected chi connectivity index (χ0v) is 17.5. The summed E-state index contributed by atoms with van der Waals surface area (Å²) in [4.78, 5) is 19.2. The van der Waals surface area contributed by atoms with Crippen LogP contribution in [0.4, 0.5) is 23.1 Å². The normalized spacial score (nSPS) is 10.5. The molecule has 0 amide bonds. The first kappa shape index (κ1) is 21.1. The number of aromatic hydroxyl groups is 1. The van der Waals surface area contributed by atoms with Crippen LogP contribution in [-0.2, 0) is 6.54 Å². The van der Waals surface area contributed by atoms with Gasteiger partial charge >= 0.3 is 5.69 Å². The molecular formula is C23H18ClN5O3. The predicted molar refractivity (Wildman–Crippen MR) is 124 cm³/mol. The molecule has 4 aromatic rings. The number of phenolic OH excluding ortho intramolecular Hbond substituents is 1. The van der Waals surface area contributed by atoms with Crippen LogP contribution in [0.25, 0.3) is 11.1 Å². The molecule has 0 saturated carbocycles. The molecule has 32 heavy (non-hydrogen) atoms. The van der Waals surface area contributed by atoms with Gasteiger partial charge in [-0.2, -0.15) is 4.98 Å². The molecule has 8 nitrogen and oxygen atoms in total. The number of rotatable bonds is 7. The number of aromatic nitrogens is 2. The molecule has 0 saturated heterocycles. The highest BCUT2D eigenvalue weighted by Crippen LogP contribution is 2.26. The van der Waals surface area contributed by atoms with Gasteiger partial charge in [0.2, 0.25) is 11.8 Å². The summed E-state index contributed by atoms with van der Waals surface area (Å²) in [6.07, 6.45) is 1.17.